The minimum Gasteiger partial charge on any atom is -0.493 e. The Balaban J connectivity index is 1.55. The van der Waals surface area contributed by atoms with Gasteiger partial charge in [0.05, 0.1) is 36.5 Å². The van der Waals surface area contributed by atoms with Crippen molar-refractivity contribution in [1.82, 2.24) is 15.0 Å². The van der Waals surface area contributed by atoms with Crippen LogP contribution in [0.4, 0.5) is 0 Å². The number of halogens is 2. The SMILES string of the molecule is COc1ccc(Cc2nc3ccccc3n2CC(=O)NN=Cc2ccc(Cl)cc2Cl)cc1OC. The molecule has 0 saturated heterocycles. The average Bonchev–Trinajstić information content (AvgIpc) is 3.17. The quantitative estimate of drug-likeness (QED) is 0.272. The van der Waals surface area contributed by atoms with Crippen LogP contribution in [0.2, 0.25) is 10.0 Å². The largest absolute Gasteiger partial charge is 0.493 e. The third-order valence-electron chi connectivity index (χ3n) is 5.20. The number of imidazole rings is 1. The Morgan fingerprint density at radius 2 is 1.85 bits per heavy atom. The van der Waals surface area contributed by atoms with Gasteiger partial charge in [-0.2, -0.15) is 5.10 Å². The van der Waals surface area contributed by atoms with Crippen molar-refractivity contribution in [2.45, 2.75) is 13.0 Å². The molecule has 0 aliphatic carbocycles. The van der Waals surface area contributed by atoms with Gasteiger partial charge in [0.2, 0.25) is 0 Å². The highest BCUT2D eigenvalue weighted by Gasteiger charge is 2.15. The molecule has 0 fully saturated rings. The molecular formula is C25H22Cl2N4O3. The third-order valence-corrected chi connectivity index (χ3v) is 5.76. The van der Waals surface area contributed by atoms with Gasteiger partial charge in [0.15, 0.2) is 11.5 Å². The maximum atomic E-state index is 12.7. The van der Waals surface area contributed by atoms with Crippen LogP contribution in [-0.4, -0.2) is 35.9 Å². The molecule has 7 nitrogen and oxygen atoms in total. The van der Waals surface area contributed by atoms with Crippen LogP contribution in [0.15, 0.2) is 65.8 Å². The maximum Gasteiger partial charge on any atom is 0.260 e. The van der Waals surface area contributed by atoms with Gasteiger partial charge >= 0.3 is 0 Å². The second-order valence-electron chi connectivity index (χ2n) is 7.43. The van der Waals surface area contributed by atoms with Crippen LogP contribution in [0, 0.1) is 0 Å². The van der Waals surface area contributed by atoms with Crippen molar-refractivity contribution in [3.05, 3.63) is 87.7 Å². The number of carbonyl (C=O) groups is 1. The topological polar surface area (TPSA) is 77.7 Å². The van der Waals surface area contributed by atoms with Gasteiger partial charge in [-0.1, -0.05) is 47.5 Å². The first-order valence-corrected chi connectivity index (χ1v) is 11.2. The minimum atomic E-state index is -0.293. The van der Waals surface area contributed by atoms with Crippen LogP contribution in [0.5, 0.6) is 11.5 Å². The van der Waals surface area contributed by atoms with Crippen LogP contribution >= 0.6 is 23.2 Å². The Morgan fingerprint density at radius 1 is 1.06 bits per heavy atom. The lowest BCUT2D eigenvalue weighted by Crippen LogP contribution is -2.24. The highest BCUT2D eigenvalue weighted by molar-refractivity contribution is 6.36. The van der Waals surface area contributed by atoms with Gasteiger partial charge in [0.1, 0.15) is 12.4 Å². The van der Waals surface area contributed by atoms with Gasteiger partial charge in [0.25, 0.3) is 5.91 Å². The van der Waals surface area contributed by atoms with E-state index in [0.717, 1.165) is 22.4 Å². The number of ether oxygens (including phenoxy) is 2. The number of amides is 1. The maximum absolute atomic E-state index is 12.7. The zero-order valence-corrected chi connectivity index (χ0v) is 20.1. The number of hydrogen-bond donors (Lipinski definition) is 1. The predicted molar refractivity (Wildman–Crippen MR) is 134 cm³/mol. The second kappa shape index (κ2) is 10.6. The number of nitrogens with one attached hydrogen (secondary N) is 1. The van der Waals surface area contributed by atoms with E-state index in [1.54, 1.807) is 32.4 Å². The van der Waals surface area contributed by atoms with Crippen molar-refractivity contribution in [1.29, 1.82) is 0 Å². The molecule has 3 aromatic carbocycles. The summed E-state index contributed by atoms with van der Waals surface area (Å²) in [7, 11) is 3.19. The first-order chi connectivity index (χ1) is 16.5. The molecule has 1 heterocycles. The first-order valence-electron chi connectivity index (χ1n) is 10.4. The first kappa shape index (κ1) is 23.6. The number of rotatable bonds is 8. The third kappa shape index (κ3) is 5.32. The van der Waals surface area contributed by atoms with Gasteiger partial charge in [0, 0.05) is 17.0 Å². The Morgan fingerprint density at radius 3 is 2.62 bits per heavy atom. The summed E-state index contributed by atoms with van der Waals surface area (Å²) in [5, 5.41) is 5.01. The Labute approximate surface area is 206 Å². The molecule has 0 aliphatic heterocycles. The Kier molecular flexibility index (Phi) is 7.35. The van der Waals surface area contributed by atoms with Gasteiger partial charge < -0.3 is 14.0 Å². The molecule has 34 heavy (non-hydrogen) atoms. The molecule has 9 heteroatoms. The van der Waals surface area contributed by atoms with E-state index in [0.29, 0.717) is 33.5 Å². The van der Waals surface area contributed by atoms with E-state index in [1.165, 1.54) is 6.21 Å². The molecule has 0 saturated carbocycles. The molecule has 0 unspecified atom stereocenters. The molecule has 0 radical (unpaired) electrons. The van der Waals surface area contributed by atoms with Crippen molar-refractivity contribution < 1.29 is 14.3 Å². The van der Waals surface area contributed by atoms with E-state index in [1.807, 2.05) is 47.0 Å². The Hall–Kier alpha value is -3.55. The fraction of sp³-hybridized carbons (Fsp3) is 0.160. The summed E-state index contributed by atoms with van der Waals surface area (Å²) >= 11 is 12.1. The lowest BCUT2D eigenvalue weighted by Gasteiger charge is -2.11. The van der Waals surface area contributed by atoms with E-state index in [2.05, 4.69) is 10.5 Å². The monoisotopic (exact) mass is 496 g/mol. The van der Waals surface area contributed by atoms with Crippen molar-refractivity contribution in [3.8, 4) is 11.5 Å². The molecule has 174 valence electrons. The average molecular weight is 497 g/mol. The van der Waals surface area contributed by atoms with Crippen LogP contribution in [0.3, 0.4) is 0 Å². The summed E-state index contributed by atoms with van der Waals surface area (Å²) in [5.41, 5.74) is 5.84. The van der Waals surface area contributed by atoms with E-state index in [4.69, 9.17) is 37.7 Å². The summed E-state index contributed by atoms with van der Waals surface area (Å²) in [4.78, 5) is 17.5. The van der Waals surface area contributed by atoms with Crippen LogP contribution < -0.4 is 14.9 Å². The fourth-order valence-electron chi connectivity index (χ4n) is 3.57. The molecular weight excluding hydrogens is 475 g/mol. The van der Waals surface area contributed by atoms with E-state index >= 15 is 0 Å². The normalized spacial score (nSPS) is 11.2. The predicted octanol–water partition coefficient (Wildman–Crippen LogP) is 5.10. The summed E-state index contributed by atoms with van der Waals surface area (Å²) in [6.45, 7) is 0.0504. The molecule has 0 aliphatic rings. The number of methoxy groups -OCH3 is 2. The molecule has 1 amide bonds. The molecule has 1 N–H and O–H groups in total. The second-order valence-corrected chi connectivity index (χ2v) is 8.27. The molecule has 4 rings (SSSR count). The van der Waals surface area contributed by atoms with Crippen LogP contribution in [0.1, 0.15) is 17.0 Å². The van der Waals surface area contributed by atoms with Crippen molar-refractivity contribution in [2.75, 3.05) is 14.2 Å². The molecule has 0 bridgehead atoms. The lowest BCUT2D eigenvalue weighted by atomic mass is 10.1. The van der Waals surface area contributed by atoms with Crippen LogP contribution in [0.25, 0.3) is 11.0 Å². The molecule has 1 aromatic heterocycles. The van der Waals surface area contributed by atoms with E-state index in [-0.39, 0.29) is 12.5 Å². The van der Waals surface area contributed by atoms with Gasteiger partial charge in [-0.15, -0.1) is 0 Å². The van der Waals surface area contributed by atoms with Crippen molar-refractivity contribution in [2.24, 2.45) is 5.10 Å². The van der Waals surface area contributed by atoms with Gasteiger partial charge in [-0.25, -0.2) is 10.4 Å². The number of benzene rings is 3. The van der Waals surface area contributed by atoms with Crippen LogP contribution in [-0.2, 0) is 17.8 Å². The fourth-order valence-corrected chi connectivity index (χ4v) is 4.03. The Bertz CT molecular complexity index is 1370. The number of fused-ring (bicyclic) bond motifs is 1. The molecule has 0 atom stereocenters. The number of para-hydroxylation sites is 2. The number of nitrogens with zero attached hydrogens (tertiary/aromatic N) is 3. The number of carbonyl (C=O) groups excluding carboxylic acids is 1. The molecule has 0 spiro atoms. The highest BCUT2D eigenvalue weighted by Crippen LogP contribution is 2.29. The lowest BCUT2D eigenvalue weighted by molar-refractivity contribution is -0.121. The smallest absolute Gasteiger partial charge is 0.260 e. The number of hydrazone groups is 1. The summed E-state index contributed by atoms with van der Waals surface area (Å²) in [6, 6.07) is 18.4. The van der Waals surface area contributed by atoms with E-state index in [9.17, 15) is 4.79 Å². The number of aromatic nitrogens is 2. The summed E-state index contributed by atoms with van der Waals surface area (Å²) < 4.78 is 12.6. The van der Waals surface area contributed by atoms with E-state index < -0.39 is 0 Å². The minimum absolute atomic E-state index is 0.0504. The zero-order chi connectivity index (χ0) is 24.1. The summed E-state index contributed by atoms with van der Waals surface area (Å²) in [6.07, 6.45) is 1.99. The zero-order valence-electron chi connectivity index (χ0n) is 18.6. The van der Waals surface area contributed by atoms with Gasteiger partial charge in [-0.05, 0) is 42.0 Å². The summed E-state index contributed by atoms with van der Waals surface area (Å²) in [5.74, 6) is 1.74. The van der Waals surface area contributed by atoms with Crippen molar-refractivity contribution >= 4 is 46.4 Å². The molecule has 4 aromatic rings. The standard InChI is InChI=1S/C25H22Cl2N4O3/c1-33-22-10-7-16(11-23(22)34-2)12-24-29-20-5-3-4-6-21(20)31(24)15-25(32)30-28-14-17-8-9-18(26)13-19(17)27/h3-11,13-14H,12,15H2,1-2H3,(H,30,32). The number of hydrogen-bond acceptors (Lipinski definition) is 5. The highest BCUT2D eigenvalue weighted by atomic mass is 35.5. The van der Waals surface area contributed by atoms with Crippen molar-refractivity contribution in [3.63, 3.8) is 0 Å². The van der Waals surface area contributed by atoms with Gasteiger partial charge in [-0.3, -0.25) is 4.79 Å².